The van der Waals surface area contributed by atoms with Crippen molar-refractivity contribution in [2.45, 2.75) is 51.9 Å². The minimum Gasteiger partial charge on any atom is -0.342 e. The van der Waals surface area contributed by atoms with Crippen LogP contribution in [0.15, 0.2) is 29.2 Å². The van der Waals surface area contributed by atoms with Gasteiger partial charge < -0.3 is 9.88 Å². The lowest BCUT2D eigenvalue weighted by Crippen LogP contribution is -2.39. The molecule has 1 atom stereocenters. The number of carbonyl (C=O) groups excluding carboxylic acids is 1. The molecule has 0 radical (unpaired) electrons. The molecule has 1 saturated heterocycles. The summed E-state index contributed by atoms with van der Waals surface area (Å²) in [5, 5.41) is 2.97. The fraction of sp³-hybridized carbons (Fsp3) is 0.500. The van der Waals surface area contributed by atoms with Gasteiger partial charge in [0.25, 0.3) is 5.91 Å². The summed E-state index contributed by atoms with van der Waals surface area (Å²) < 4.78 is 30.1. The molecule has 1 fully saturated rings. The first-order valence-electron chi connectivity index (χ1n) is 10.2. The maximum atomic E-state index is 13.4. The first-order chi connectivity index (χ1) is 13.7. The number of sulfonamides is 1. The molecule has 1 aliphatic rings. The maximum Gasteiger partial charge on any atom is 0.272 e. The molecule has 29 heavy (non-hydrogen) atoms. The highest BCUT2D eigenvalue weighted by molar-refractivity contribution is 7.89. The van der Waals surface area contributed by atoms with Crippen molar-refractivity contribution in [2.75, 3.05) is 18.4 Å². The molecule has 1 amide bonds. The van der Waals surface area contributed by atoms with Gasteiger partial charge in [0, 0.05) is 37.1 Å². The molecule has 158 valence electrons. The zero-order chi connectivity index (χ0) is 21.3. The van der Waals surface area contributed by atoms with Gasteiger partial charge in [0.1, 0.15) is 10.6 Å². The average molecular weight is 418 g/mol. The van der Waals surface area contributed by atoms with E-state index in [1.807, 2.05) is 31.2 Å². The number of amides is 1. The Morgan fingerprint density at radius 3 is 2.59 bits per heavy atom. The molecule has 7 heteroatoms. The van der Waals surface area contributed by atoms with Crippen LogP contribution >= 0.6 is 0 Å². The summed E-state index contributed by atoms with van der Waals surface area (Å²) in [4.78, 5) is 13.4. The van der Waals surface area contributed by atoms with Crippen LogP contribution in [0.2, 0.25) is 0 Å². The molecule has 0 spiro atoms. The van der Waals surface area contributed by atoms with Crippen LogP contribution in [0.5, 0.6) is 0 Å². The number of benzene rings is 1. The lowest BCUT2D eigenvalue weighted by molar-refractivity contribution is 0.101. The number of hydrogen-bond acceptors (Lipinski definition) is 3. The zero-order valence-corrected chi connectivity index (χ0v) is 18.8. The Kier molecular flexibility index (Phi) is 6.19. The van der Waals surface area contributed by atoms with E-state index < -0.39 is 10.0 Å². The second-order valence-electron chi connectivity index (χ2n) is 8.02. The predicted molar refractivity (Wildman–Crippen MR) is 116 cm³/mol. The van der Waals surface area contributed by atoms with E-state index in [2.05, 4.69) is 12.2 Å². The van der Waals surface area contributed by atoms with Crippen molar-refractivity contribution < 1.29 is 13.2 Å². The molecule has 2 heterocycles. The van der Waals surface area contributed by atoms with Gasteiger partial charge in [-0.15, -0.1) is 0 Å². The van der Waals surface area contributed by atoms with E-state index in [1.54, 1.807) is 29.8 Å². The zero-order valence-electron chi connectivity index (χ0n) is 17.9. The second-order valence-corrected chi connectivity index (χ2v) is 9.90. The molecule has 0 bridgehead atoms. The number of hydrogen-bond donors (Lipinski definition) is 1. The number of anilines is 1. The summed E-state index contributed by atoms with van der Waals surface area (Å²) in [5.74, 6) is 0.0543. The van der Waals surface area contributed by atoms with Crippen molar-refractivity contribution >= 4 is 21.6 Å². The van der Waals surface area contributed by atoms with Gasteiger partial charge in [0.15, 0.2) is 0 Å². The number of carbonyl (C=O) groups is 1. The lowest BCUT2D eigenvalue weighted by atomic mass is 10.0. The van der Waals surface area contributed by atoms with Gasteiger partial charge in [-0.25, -0.2) is 8.42 Å². The molecule has 1 aliphatic heterocycles. The normalized spacial score (nSPS) is 18.0. The lowest BCUT2D eigenvalue weighted by Gasteiger charge is -2.30. The van der Waals surface area contributed by atoms with Gasteiger partial charge in [-0.1, -0.05) is 32.0 Å². The van der Waals surface area contributed by atoms with Crippen LogP contribution in [0.25, 0.3) is 0 Å². The Balaban J connectivity index is 1.99. The number of nitrogens with zero attached hydrogens (tertiary/aromatic N) is 2. The van der Waals surface area contributed by atoms with Crippen molar-refractivity contribution in [3.8, 4) is 0 Å². The molecule has 0 unspecified atom stereocenters. The van der Waals surface area contributed by atoms with Crippen LogP contribution in [0.4, 0.5) is 5.69 Å². The Morgan fingerprint density at radius 1 is 1.24 bits per heavy atom. The highest BCUT2D eigenvalue weighted by Crippen LogP contribution is 2.31. The van der Waals surface area contributed by atoms with E-state index in [4.69, 9.17) is 0 Å². The monoisotopic (exact) mass is 417 g/mol. The topological polar surface area (TPSA) is 71.4 Å². The molecule has 6 nitrogen and oxygen atoms in total. The van der Waals surface area contributed by atoms with E-state index in [1.165, 1.54) is 0 Å². The van der Waals surface area contributed by atoms with E-state index in [0.717, 1.165) is 30.5 Å². The van der Waals surface area contributed by atoms with Crippen LogP contribution in [-0.2, 0) is 23.5 Å². The van der Waals surface area contributed by atoms with Crippen LogP contribution in [0, 0.1) is 19.8 Å². The summed E-state index contributed by atoms with van der Waals surface area (Å²) in [5.41, 5.74) is 3.29. The van der Waals surface area contributed by atoms with E-state index in [0.29, 0.717) is 36.0 Å². The summed E-state index contributed by atoms with van der Waals surface area (Å²) >= 11 is 0. The highest BCUT2D eigenvalue weighted by Gasteiger charge is 2.35. The third-order valence-electron chi connectivity index (χ3n) is 5.94. The van der Waals surface area contributed by atoms with Crippen LogP contribution in [0.3, 0.4) is 0 Å². The molecular formula is C22H31N3O3S. The first-order valence-corrected chi connectivity index (χ1v) is 11.7. The maximum absolute atomic E-state index is 13.4. The number of aryl methyl sites for hydroxylation is 1. The molecular weight excluding hydrogens is 386 g/mol. The number of piperidine rings is 1. The van der Waals surface area contributed by atoms with Crippen LogP contribution in [-0.4, -0.2) is 36.3 Å². The summed E-state index contributed by atoms with van der Waals surface area (Å²) in [6, 6.07) is 7.67. The molecule has 1 N–H and O–H groups in total. The van der Waals surface area contributed by atoms with Crippen molar-refractivity contribution in [3.63, 3.8) is 0 Å². The Labute approximate surface area is 174 Å². The molecule has 1 aromatic carbocycles. The average Bonchev–Trinajstić information content (AvgIpc) is 2.91. The minimum absolute atomic E-state index is 0.267. The highest BCUT2D eigenvalue weighted by atomic mass is 32.2. The smallest absolute Gasteiger partial charge is 0.272 e. The Hall–Kier alpha value is -2.12. The van der Waals surface area contributed by atoms with Crippen molar-refractivity contribution in [1.29, 1.82) is 0 Å². The Morgan fingerprint density at radius 2 is 1.93 bits per heavy atom. The van der Waals surface area contributed by atoms with Gasteiger partial charge in [-0.2, -0.15) is 4.31 Å². The fourth-order valence-electron chi connectivity index (χ4n) is 4.28. The van der Waals surface area contributed by atoms with Crippen molar-refractivity contribution in [2.24, 2.45) is 13.0 Å². The second kappa shape index (κ2) is 8.32. The van der Waals surface area contributed by atoms with Gasteiger partial charge in [0.2, 0.25) is 10.0 Å². The van der Waals surface area contributed by atoms with Gasteiger partial charge in [-0.3, -0.25) is 4.79 Å². The summed E-state index contributed by atoms with van der Waals surface area (Å²) in [6.45, 7) is 8.68. The summed E-state index contributed by atoms with van der Waals surface area (Å²) in [7, 11) is -1.89. The number of nitrogens with one attached hydrogen (secondary N) is 1. The first kappa shape index (κ1) is 21.6. The number of aromatic nitrogens is 1. The Bertz CT molecular complexity index is 1020. The van der Waals surface area contributed by atoms with Gasteiger partial charge in [0.05, 0.1) is 0 Å². The molecule has 3 rings (SSSR count). The SMILES string of the molecule is CCc1ccccc1NC(=O)c1c(C)c(S(=O)(=O)N2CCC[C@H](C)C2)c(C)n1C. The van der Waals surface area contributed by atoms with Gasteiger partial charge in [-0.05, 0) is 50.7 Å². The summed E-state index contributed by atoms with van der Waals surface area (Å²) in [6.07, 6.45) is 2.71. The standard InChI is InChI=1S/C22H31N3O3S/c1-6-18-11-7-8-12-19(18)23-22(26)20-16(3)21(17(4)24(20)5)29(27,28)25-13-9-10-15(2)14-25/h7-8,11-12,15H,6,9-10,13-14H2,1-5H3,(H,23,26)/t15-/m0/s1. The van der Waals surface area contributed by atoms with Crippen LogP contribution in [0.1, 0.15) is 54.0 Å². The quantitative estimate of drug-likeness (QED) is 0.803. The molecule has 2 aromatic rings. The van der Waals surface area contributed by atoms with Gasteiger partial charge >= 0.3 is 0 Å². The third kappa shape index (κ3) is 3.98. The van der Waals surface area contributed by atoms with Crippen molar-refractivity contribution in [1.82, 2.24) is 8.87 Å². The minimum atomic E-state index is -3.64. The third-order valence-corrected chi connectivity index (χ3v) is 8.07. The fourth-order valence-corrected chi connectivity index (χ4v) is 6.35. The number of rotatable bonds is 5. The molecule has 0 saturated carbocycles. The van der Waals surface area contributed by atoms with E-state index >= 15 is 0 Å². The predicted octanol–water partition coefficient (Wildman–Crippen LogP) is 3.88. The largest absolute Gasteiger partial charge is 0.342 e. The molecule has 0 aliphatic carbocycles. The van der Waals surface area contributed by atoms with Crippen molar-refractivity contribution in [3.05, 3.63) is 46.8 Å². The number of para-hydroxylation sites is 1. The van der Waals surface area contributed by atoms with E-state index in [-0.39, 0.29) is 10.8 Å². The van der Waals surface area contributed by atoms with Crippen LogP contribution < -0.4 is 5.32 Å². The van der Waals surface area contributed by atoms with E-state index in [9.17, 15) is 13.2 Å². The molecule has 1 aromatic heterocycles.